The zero-order valence-electron chi connectivity index (χ0n) is 12.3. The van der Waals surface area contributed by atoms with Gasteiger partial charge in [-0.1, -0.05) is 6.08 Å². The molecule has 0 aromatic heterocycles. The molecule has 0 aliphatic carbocycles. The standard InChI is InChI=1S/C15H21N3O3/c1-3-10-21-12-13-11-14(18(19)20)4-5-15(13)17-8-6-16(2)7-9-17/h3-5,11H,1,6-10,12H2,2H3. The summed E-state index contributed by atoms with van der Waals surface area (Å²) in [5.74, 6) is 0. The van der Waals surface area contributed by atoms with Gasteiger partial charge in [-0.2, -0.15) is 0 Å². The van der Waals surface area contributed by atoms with Crippen LogP contribution >= 0.6 is 0 Å². The SMILES string of the molecule is C=CCOCc1cc([N+](=O)[O-])ccc1N1CCN(C)CC1. The van der Waals surface area contributed by atoms with Gasteiger partial charge in [0.1, 0.15) is 0 Å². The molecular weight excluding hydrogens is 270 g/mol. The average Bonchev–Trinajstić information content (AvgIpc) is 2.48. The molecule has 0 N–H and O–H groups in total. The molecule has 0 spiro atoms. The third-order valence-corrected chi connectivity index (χ3v) is 3.61. The van der Waals surface area contributed by atoms with Crippen molar-refractivity contribution in [3.8, 4) is 0 Å². The van der Waals surface area contributed by atoms with Crippen molar-refractivity contribution in [2.24, 2.45) is 0 Å². The van der Waals surface area contributed by atoms with Gasteiger partial charge < -0.3 is 14.5 Å². The number of nitro groups is 1. The summed E-state index contributed by atoms with van der Waals surface area (Å²) in [4.78, 5) is 15.1. The number of nitrogens with zero attached hydrogens (tertiary/aromatic N) is 3. The van der Waals surface area contributed by atoms with Crippen LogP contribution in [0.5, 0.6) is 0 Å². The molecule has 0 atom stereocenters. The van der Waals surface area contributed by atoms with E-state index in [-0.39, 0.29) is 10.6 Å². The minimum Gasteiger partial charge on any atom is -0.373 e. The second kappa shape index (κ2) is 7.19. The van der Waals surface area contributed by atoms with Crippen LogP contribution in [0, 0.1) is 10.1 Å². The van der Waals surface area contributed by atoms with E-state index in [9.17, 15) is 10.1 Å². The first-order chi connectivity index (χ1) is 10.1. The van der Waals surface area contributed by atoms with Gasteiger partial charge in [0, 0.05) is 49.6 Å². The first-order valence-electron chi connectivity index (χ1n) is 7.01. The number of rotatable bonds is 6. The number of hydrogen-bond acceptors (Lipinski definition) is 5. The van der Waals surface area contributed by atoms with Crippen molar-refractivity contribution in [2.45, 2.75) is 6.61 Å². The third kappa shape index (κ3) is 4.03. The molecule has 1 heterocycles. The Morgan fingerprint density at radius 3 is 2.71 bits per heavy atom. The van der Waals surface area contributed by atoms with Crippen LogP contribution in [0.2, 0.25) is 0 Å². The fourth-order valence-electron chi connectivity index (χ4n) is 2.41. The highest BCUT2D eigenvalue weighted by atomic mass is 16.6. The first kappa shape index (κ1) is 15.5. The molecule has 21 heavy (non-hydrogen) atoms. The Morgan fingerprint density at radius 1 is 1.38 bits per heavy atom. The predicted molar refractivity (Wildman–Crippen MR) is 82.7 cm³/mol. The molecule has 1 aromatic carbocycles. The lowest BCUT2D eigenvalue weighted by atomic mass is 10.1. The minimum atomic E-state index is -0.370. The third-order valence-electron chi connectivity index (χ3n) is 3.61. The van der Waals surface area contributed by atoms with Gasteiger partial charge in [-0.25, -0.2) is 0 Å². The van der Waals surface area contributed by atoms with E-state index in [1.54, 1.807) is 18.2 Å². The Labute approximate surface area is 124 Å². The maximum atomic E-state index is 10.9. The van der Waals surface area contributed by atoms with Crippen molar-refractivity contribution in [1.82, 2.24) is 4.90 Å². The van der Waals surface area contributed by atoms with Crippen LogP contribution in [0.1, 0.15) is 5.56 Å². The van der Waals surface area contributed by atoms with Crippen molar-refractivity contribution in [2.75, 3.05) is 44.7 Å². The van der Waals surface area contributed by atoms with E-state index in [1.165, 1.54) is 0 Å². The molecule has 0 bridgehead atoms. The molecular formula is C15H21N3O3. The molecule has 0 saturated carbocycles. The van der Waals surface area contributed by atoms with Gasteiger partial charge in [0.15, 0.2) is 0 Å². The second-order valence-corrected chi connectivity index (χ2v) is 5.16. The maximum absolute atomic E-state index is 10.9. The van der Waals surface area contributed by atoms with Gasteiger partial charge in [-0.05, 0) is 13.1 Å². The molecule has 2 rings (SSSR count). The van der Waals surface area contributed by atoms with Crippen LogP contribution in [0.25, 0.3) is 0 Å². The van der Waals surface area contributed by atoms with Gasteiger partial charge in [0.25, 0.3) is 5.69 Å². The molecule has 114 valence electrons. The van der Waals surface area contributed by atoms with Gasteiger partial charge in [-0.15, -0.1) is 6.58 Å². The molecule has 1 aliphatic rings. The van der Waals surface area contributed by atoms with E-state index in [4.69, 9.17) is 4.74 Å². The Hall–Kier alpha value is -1.92. The quantitative estimate of drug-likeness (QED) is 0.347. The fraction of sp³-hybridized carbons (Fsp3) is 0.467. The summed E-state index contributed by atoms with van der Waals surface area (Å²) in [6.45, 7) is 8.22. The Kier molecular flexibility index (Phi) is 5.30. The number of ether oxygens (including phenoxy) is 1. The lowest BCUT2D eigenvalue weighted by Crippen LogP contribution is -2.44. The van der Waals surface area contributed by atoms with Crippen LogP contribution in [0.3, 0.4) is 0 Å². The molecule has 1 aromatic rings. The van der Waals surface area contributed by atoms with E-state index < -0.39 is 0 Å². The Bertz CT molecular complexity index is 511. The smallest absolute Gasteiger partial charge is 0.269 e. The van der Waals surface area contributed by atoms with Crippen LogP contribution in [-0.2, 0) is 11.3 Å². The summed E-state index contributed by atoms with van der Waals surface area (Å²) in [7, 11) is 2.10. The van der Waals surface area contributed by atoms with Gasteiger partial charge in [0.2, 0.25) is 0 Å². The van der Waals surface area contributed by atoms with E-state index in [1.807, 2.05) is 6.07 Å². The van der Waals surface area contributed by atoms with Crippen LogP contribution < -0.4 is 4.90 Å². The largest absolute Gasteiger partial charge is 0.373 e. The highest BCUT2D eigenvalue weighted by Gasteiger charge is 2.19. The van der Waals surface area contributed by atoms with Crippen molar-refractivity contribution in [3.63, 3.8) is 0 Å². The summed E-state index contributed by atoms with van der Waals surface area (Å²) in [6.07, 6.45) is 1.67. The average molecular weight is 291 g/mol. The number of non-ortho nitro benzene ring substituents is 1. The van der Waals surface area contributed by atoms with Gasteiger partial charge in [-0.3, -0.25) is 10.1 Å². The monoisotopic (exact) mass is 291 g/mol. The molecule has 1 fully saturated rings. The maximum Gasteiger partial charge on any atom is 0.269 e. The van der Waals surface area contributed by atoms with Crippen molar-refractivity contribution in [3.05, 3.63) is 46.5 Å². The number of piperazine rings is 1. The van der Waals surface area contributed by atoms with Crippen LogP contribution in [-0.4, -0.2) is 49.7 Å². The summed E-state index contributed by atoms with van der Waals surface area (Å²) in [5, 5.41) is 10.9. The lowest BCUT2D eigenvalue weighted by Gasteiger charge is -2.35. The molecule has 0 radical (unpaired) electrons. The highest BCUT2D eigenvalue weighted by molar-refractivity contribution is 5.58. The molecule has 0 amide bonds. The molecule has 1 aliphatic heterocycles. The van der Waals surface area contributed by atoms with Crippen molar-refractivity contribution >= 4 is 11.4 Å². The zero-order valence-corrected chi connectivity index (χ0v) is 12.3. The zero-order chi connectivity index (χ0) is 15.2. The lowest BCUT2D eigenvalue weighted by molar-refractivity contribution is -0.384. The number of benzene rings is 1. The molecule has 0 unspecified atom stereocenters. The number of anilines is 1. The van der Waals surface area contributed by atoms with E-state index >= 15 is 0 Å². The number of likely N-dealkylation sites (N-methyl/N-ethyl adjacent to an activating group) is 1. The van der Waals surface area contributed by atoms with Crippen LogP contribution in [0.4, 0.5) is 11.4 Å². The van der Waals surface area contributed by atoms with Crippen molar-refractivity contribution < 1.29 is 9.66 Å². The second-order valence-electron chi connectivity index (χ2n) is 5.16. The summed E-state index contributed by atoms with van der Waals surface area (Å²) in [5.41, 5.74) is 1.98. The summed E-state index contributed by atoms with van der Waals surface area (Å²) < 4.78 is 5.48. The summed E-state index contributed by atoms with van der Waals surface area (Å²) in [6, 6.07) is 5.00. The van der Waals surface area contributed by atoms with E-state index in [0.717, 1.165) is 37.4 Å². The first-order valence-corrected chi connectivity index (χ1v) is 7.01. The van der Waals surface area contributed by atoms with Gasteiger partial charge >= 0.3 is 0 Å². The summed E-state index contributed by atoms with van der Waals surface area (Å²) >= 11 is 0. The fourth-order valence-corrected chi connectivity index (χ4v) is 2.41. The number of nitro benzene ring substituents is 1. The normalized spacial score (nSPS) is 16.0. The topological polar surface area (TPSA) is 58.9 Å². The predicted octanol–water partition coefficient (Wildman–Crippen LogP) is 2.05. The Morgan fingerprint density at radius 2 is 2.10 bits per heavy atom. The van der Waals surface area contributed by atoms with Crippen molar-refractivity contribution in [1.29, 1.82) is 0 Å². The van der Waals surface area contributed by atoms with Crippen LogP contribution in [0.15, 0.2) is 30.9 Å². The number of hydrogen-bond donors (Lipinski definition) is 0. The van der Waals surface area contributed by atoms with Gasteiger partial charge in [0.05, 0.1) is 18.1 Å². The highest BCUT2D eigenvalue weighted by Crippen LogP contribution is 2.27. The molecule has 1 saturated heterocycles. The minimum absolute atomic E-state index is 0.102. The Balaban J connectivity index is 2.21. The van der Waals surface area contributed by atoms with E-state index in [2.05, 4.69) is 23.4 Å². The van der Waals surface area contributed by atoms with E-state index in [0.29, 0.717) is 13.2 Å². The molecule has 6 heteroatoms. The molecule has 6 nitrogen and oxygen atoms in total.